The number of nitrogens with zero attached hydrogens (tertiary/aromatic N) is 2. The number of ether oxygens (including phenoxy) is 2. The quantitative estimate of drug-likeness (QED) is 0.898. The van der Waals surface area contributed by atoms with Crippen molar-refractivity contribution < 1.29 is 14.6 Å². The van der Waals surface area contributed by atoms with Crippen molar-refractivity contribution in [3.8, 4) is 17.2 Å². The van der Waals surface area contributed by atoms with E-state index in [0.29, 0.717) is 17.1 Å². The van der Waals surface area contributed by atoms with Gasteiger partial charge in [-0.15, -0.1) is 0 Å². The molecule has 0 spiro atoms. The number of aliphatic hydroxyl groups is 1. The Bertz CT molecular complexity index is 535. The zero-order valence-corrected chi connectivity index (χ0v) is 10.6. The SMILES string of the molecule is COc1cnn(-c2cccc(OC)c2[C@H](C)O)c1. The molecule has 1 atom stereocenters. The Morgan fingerprint density at radius 1 is 1.28 bits per heavy atom. The summed E-state index contributed by atoms with van der Waals surface area (Å²) in [6.07, 6.45) is 2.72. The highest BCUT2D eigenvalue weighted by Gasteiger charge is 2.16. The van der Waals surface area contributed by atoms with Crippen molar-refractivity contribution in [3.63, 3.8) is 0 Å². The maximum Gasteiger partial charge on any atom is 0.157 e. The van der Waals surface area contributed by atoms with Gasteiger partial charge in [0.05, 0.1) is 38.4 Å². The smallest absolute Gasteiger partial charge is 0.157 e. The van der Waals surface area contributed by atoms with Gasteiger partial charge in [-0.25, -0.2) is 4.68 Å². The van der Waals surface area contributed by atoms with Gasteiger partial charge < -0.3 is 14.6 Å². The van der Waals surface area contributed by atoms with Crippen molar-refractivity contribution in [3.05, 3.63) is 36.2 Å². The molecule has 0 amide bonds. The summed E-state index contributed by atoms with van der Waals surface area (Å²) in [6, 6.07) is 5.54. The van der Waals surface area contributed by atoms with Crippen LogP contribution in [0.15, 0.2) is 30.6 Å². The summed E-state index contributed by atoms with van der Waals surface area (Å²) < 4.78 is 12.0. The second-order valence-electron chi connectivity index (χ2n) is 3.89. The van der Waals surface area contributed by atoms with Gasteiger partial charge in [-0.2, -0.15) is 5.10 Å². The lowest BCUT2D eigenvalue weighted by Crippen LogP contribution is -2.05. The molecule has 2 rings (SSSR count). The topological polar surface area (TPSA) is 56.5 Å². The molecule has 0 saturated heterocycles. The van der Waals surface area contributed by atoms with Gasteiger partial charge >= 0.3 is 0 Å². The van der Waals surface area contributed by atoms with Crippen LogP contribution in [0.3, 0.4) is 0 Å². The Morgan fingerprint density at radius 2 is 2.06 bits per heavy atom. The van der Waals surface area contributed by atoms with Crippen molar-refractivity contribution in [1.82, 2.24) is 9.78 Å². The Hall–Kier alpha value is -2.01. The van der Waals surface area contributed by atoms with E-state index in [1.165, 1.54) is 0 Å². The fourth-order valence-corrected chi connectivity index (χ4v) is 1.87. The van der Waals surface area contributed by atoms with Crippen LogP contribution < -0.4 is 9.47 Å². The molecule has 0 aliphatic rings. The number of rotatable bonds is 4. The van der Waals surface area contributed by atoms with Crippen molar-refractivity contribution in [2.75, 3.05) is 14.2 Å². The van der Waals surface area contributed by atoms with Crippen LogP contribution in [0.4, 0.5) is 0 Å². The van der Waals surface area contributed by atoms with Crippen LogP contribution in [-0.4, -0.2) is 29.1 Å². The van der Waals surface area contributed by atoms with Gasteiger partial charge in [-0.1, -0.05) is 6.07 Å². The minimum absolute atomic E-state index is 0.636. The summed E-state index contributed by atoms with van der Waals surface area (Å²) in [5, 5.41) is 14.1. The molecule has 0 bridgehead atoms. The zero-order valence-electron chi connectivity index (χ0n) is 10.6. The summed E-state index contributed by atoms with van der Waals surface area (Å²) in [6.45, 7) is 1.70. The van der Waals surface area contributed by atoms with Crippen LogP contribution in [0, 0.1) is 0 Å². The molecule has 1 aromatic heterocycles. The third-order valence-corrected chi connectivity index (χ3v) is 2.72. The van der Waals surface area contributed by atoms with E-state index in [0.717, 1.165) is 5.69 Å². The molecule has 1 N–H and O–H groups in total. The summed E-state index contributed by atoms with van der Waals surface area (Å²) in [5.41, 5.74) is 1.47. The molecule has 5 nitrogen and oxygen atoms in total. The largest absolute Gasteiger partial charge is 0.496 e. The van der Waals surface area contributed by atoms with Crippen molar-refractivity contribution in [2.24, 2.45) is 0 Å². The third kappa shape index (κ3) is 2.17. The first-order valence-corrected chi connectivity index (χ1v) is 5.61. The number of benzene rings is 1. The number of aromatic nitrogens is 2. The second-order valence-corrected chi connectivity index (χ2v) is 3.89. The lowest BCUT2D eigenvalue weighted by Gasteiger charge is -2.15. The minimum atomic E-state index is -0.647. The van der Waals surface area contributed by atoms with Gasteiger partial charge in [-0.3, -0.25) is 0 Å². The summed E-state index contributed by atoms with van der Waals surface area (Å²) in [7, 11) is 3.16. The third-order valence-electron chi connectivity index (χ3n) is 2.72. The van der Waals surface area contributed by atoms with E-state index in [2.05, 4.69) is 5.10 Å². The molecule has 0 fully saturated rings. The molecule has 0 radical (unpaired) electrons. The number of hydrogen-bond donors (Lipinski definition) is 1. The lowest BCUT2D eigenvalue weighted by molar-refractivity contribution is 0.194. The summed E-state index contributed by atoms with van der Waals surface area (Å²) >= 11 is 0. The molecular formula is C13H16N2O3. The van der Waals surface area contributed by atoms with E-state index in [9.17, 15) is 5.11 Å². The van der Waals surface area contributed by atoms with E-state index in [1.54, 1.807) is 38.2 Å². The normalized spacial score (nSPS) is 12.2. The van der Waals surface area contributed by atoms with Gasteiger partial charge in [-0.05, 0) is 19.1 Å². The van der Waals surface area contributed by atoms with E-state index in [4.69, 9.17) is 9.47 Å². The number of hydrogen-bond acceptors (Lipinski definition) is 4. The zero-order chi connectivity index (χ0) is 13.1. The molecule has 0 aliphatic carbocycles. The number of aliphatic hydroxyl groups excluding tert-OH is 1. The van der Waals surface area contributed by atoms with Crippen LogP contribution in [0.1, 0.15) is 18.6 Å². The molecule has 18 heavy (non-hydrogen) atoms. The van der Waals surface area contributed by atoms with Crippen LogP contribution >= 0.6 is 0 Å². The molecule has 2 aromatic rings. The van der Waals surface area contributed by atoms with E-state index in [1.807, 2.05) is 18.2 Å². The monoisotopic (exact) mass is 248 g/mol. The molecule has 0 saturated carbocycles. The van der Waals surface area contributed by atoms with E-state index in [-0.39, 0.29) is 0 Å². The Kier molecular flexibility index (Phi) is 3.53. The maximum atomic E-state index is 9.89. The molecular weight excluding hydrogens is 232 g/mol. The molecule has 1 heterocycles. The van der Waals surface area contributed by atoms with Crippen molar-refractivity contribution in [2.45, 2.75) is 13.0 Å². The van der Waals surface area contributed by atoms with Gasteiger partial charge in [0.2, 0.25) is 0 Å². The average Bonchev–Trinajstić information content (AvgIpc) is 2.86. The summed E-state index contributed by atoms with van der Waals surface area (Å²) in [5.74, 6) is 1.30. The highest BCUT2D eigenvalue weighted by Crippen LogP contribution is 2.31. The predicted octanol–water partition coefficient (Wildman–Crippen LogP) is 1.94. The van der Waals surface area contributed by atoms with Crippen LogP contribution in [0.25, 0.3) is 5.69 Å². The molecule has 5 heteroatoms. The fraction of sp³-hybridized carbons (Fsp3) is 0.308. The highest BCUT2D eigenvalue weighted by atomic mass is 16.5. The first kappa shape index (κ1) is 12.4. The van der Waals surface area contributed by atoms with E-state index < -0.39 is 6.10 Å². The first-order chi connectivity index (χ1) is 8.67. The van der Waals surface area contributed by atoms with Gasteiger partial charge in [0.1, 0.15) is 5.75 Å². The molecule has 96 valence electrons. The maximum absolute atomic E-state index is 9.89. The molecule has 0 unspecified atom stereocenters. The first-order valence-electron chi connectivity index (χ1n) is 5.61. The Balaban J connectivity index is 2.55. The van der Waals surface area contributed by atoms with Crippen molar-refractivity contribution >= 4 is 0 Å². The van der Waals surface area contributed by atoms with Gasteiger partial charge in [0.25, 0.3) is 0 Å². The molecule has 0 aliphatic heterocycles. The standard InChI is InChI=1S/C13H16N2O3/c1-9(16)13-11(5-4-6-12(13)18-3)15-8-10(17-2)7-14-15/h4-9,16H,1-3H3/t9-/m0/s1. The van der Waals surface area contributed by atoms with Crippen LogP contribution in [-0.2, 0) is 0 Å². The van der Waals surface area contributed by atoms with Crippen LogP contribution in [0.2, 0.25) is 0 Å². The van der Waals surface area contributed by atoms with Gasteiger partial charge in [0.15, 0.2) is 5.75 Å². The van der Waals surface area contributed by atoms with Crippen molar-refractivity contribution in [1.29, 1.82) is 0 Å². The highest BCUT2D eigenvalue weighted by molar-refractivity contribution is 5.50. The lowest BCUT2D eigenvalue weighted by atomic mass is 10.1. The number of methoxy groups -OCH3 is 2. The second kappa shape index (κ2) is 5.10. The summed E-state index contributed by atoms with van der Waals surface area (Å²) in [4.78, 5) is 0. The van der Waals surface area contributed by atoms with Crippen LogP contribution in [0.5, 0.6) is 11.5 Å². The Labute approximate surface area is 106 Å². The fourth-order valence-electron chi connectivity index (χ4n) is 1.87. The average molecular weight is 248 g/mol. The Morgan fingerprint density at radius 3 is 2.61 bits per heavy atom. The minimum Gasteiger partial charge on any atom is -0.496 e. The van der Waals surface area contributed by atoms with E-state index >= 15 is 0 Å². The van der Waals surface area contributed by atoms with Gasteiger partial charge in [0, 0.05) is 5.56 Å². The predicted molar refractivity (Wildman–Crippen MR) is 67.3 cm³/mol. The molecule has 1 aromatic carbocycles.